The molecule has 4 rings (SSSR count). The van der Waals surface area contributed by atoms with Crippen LogP contribution in [-0.2, 0) is 13.1 Å². The van der Waals surface area contributed by atoms with E-state index in [-0.39, 0.29) is 18.4 Å². The van der Waals surface area contributed by atoms with E-state index < -0.39 is 23.4 Å². The molecule has 0 amide bonds. The van der Waals surface area contributed by atoms with E-state index in [4.69, 9.17) is 5.73 Å². The molecule has 1 aromatic carbocycles. The van der Waals surface area contributed by atoms with E-state index in [1.54, 1.807) is 0 Å². The van der Waals surface area contributed by atoms with Gasteiger partial charge in [-0.05, 0) is 36.3 Å². The summed E-state index contributed by atoms with van der Waals surface area (Å²) in [5.41, 5.74) is 9.09. The number of allylic oxidation sites excluding steroid dienone is 4. The first-order valence-electron chi connectivity index (χ1n) is 9.00. The Balaban J connectivity index is 1.41. The first-order valence-corrected chi connectivity index (χ1v) is 9.00. The molecule has 0 spiro atoms. The van der Waals surface area contributed by atoms with E-state index >= 15 is 0 Å². The molecule has 0 saturated heterocycles. The van der Waals surface area contributed by atoms with Crippen LogP contribution in [0.1, 0.15) is 36.8 Å². The molecule has 0 aromatic heterocycles. The fourth-order valence-electron chi connectivity index (χ4n) is 4.71. The fourth-order valence-corrected chi connectivity index (χ4v) is 4.71. The number of halogens is 3. The Bertz CT molecular complexity index is 702. The molecule has 0 radical (unpaired) electrons. The van der Waals surface area contributed by atoms with Gasteiger partial charge in [-0.2, -0.15) is 0 Å². The van der Waals surface area contributed by atoms with Crippen molar-refractivity contribution in [2.75, 3.05) is 0 Å². The highest BCUT2D eigenvalue weighted by Gasteiger charge is 2.40. The van der Waals surface area contributed by atoms with Crippen LogP contribution < -0.4 is 5.73 Å². The van der Waals surface area contributed by atoms with Gasteiger partial charge in [-0.15, -0.1) is 0 Å². The minimum atomic E-state index is -1.08. The maximum atomic E-state index is 14.2. The molecule has 134 valence electrons. The van der Waals surface area contributed by atoms with Crippen LogP contribution in [0.25, 0.3) is 0 Å². The zero-order valence-electron chi connectivity index (χ0n) is 14.1. The third-order valence-electron chi connectivity index (χ3n) is 6.10. The zero-order valence-corrected chi connectivity index (χ0v) is 14.1. The molecule has 4 atom stereocenters. The lowest BCUT2D eigenvalue weighted by molar-refractivity contribution is 0.0994. The minimum absolute atomic E-state index is 0.128. The lowest BCUT2D eigenvalue weighted by Gasteiger charge is -2.41. The molecule has 3 aliphatic rings. The van der Waals surface area contributed by atoms with Gasteiger partial charge in [0.05, 0.1) is 0 Å². The number of hydrogen-bond acceptors (Lipinski definition) is 2. The SMILES string of the molecule is NC1CC(N2Cc3ccccc3C2)CC[C@@H]1C1CC(F)=C(F)C=C1F. The summed E-state index contributed by atoms with van der Waals surface area (Å²) in [6.07, 6.45) is 2.94. The first kappa shape index (κ1) is 16.9. The summed E-state index contributed by atoms with van der Waals surface area (Å²) < 4.78 is 41.0. The summed E-state index contributed by atoms with van der Waals surface area (Å²) in [4.78, 5) is 2.44. The predicted molar refractivity (Wildman–Crippen MR) is 91.3 cm³/mol. The maximum Gasteiger partial charge on any atom is 0.157 e. The molecule has 1 heterocycles. The van der Waals surface area contributed by atoms with Gasteiger partial charge in [0.15, 0.2) is 5.83 Å². The summed E-state index contributed by atoms with van der Waals surface area (Å²) in [5.74, 6) is -3.24. The number of rotatable bonds is 2. The second-order valence-electron chi connectivity index (χ2n) is 7.56. The van der Waals surface area contributed by atoms with Gasteiger partial charge in [0, 0.05) is 43.6 Å². The summed E-state index contributed by atoms with van der Waals surface area (Å²) in [6.45, 7) is 1.86. The Morgan fingerprint density at radius 3 is 2.32 bits per heavy atom. The number of nitrogens with zero attached hydrogens (tertiary/aromatic N) is 1. The number of nitrogens with two attached hydrogens (primary N) is 1. The van der Waals surface area contributed by atoms with Crippen LogP contribution in [0.2, 0.25) is 0 Å². The van der Waals surface area contributed by atoms with Crippen molar-refractivity contribution in [1.29, 1.82) is 0 Å². The van der Waals surface area contributed by atoms with Crippen molar-refractivity contribution >= 4 is 0 Å². The minimum Gasteiger partial charge on any atom is -0.327 e. The summed E-state index contributed by atoms with van der Waals surface area (Å²) in [5, 5.41) is 0. The predicted octanol–water partition coefficient (Wildman–Crippen LogP) is 4.52. The van der Waals surface area contributed by atoms with Crippen molar-refractivity contribution in [3.05, 3.63) is 58.9 Å². The van der Waals surface area contributed by atoms with Gasteiger partial charge in [-0.25, -0.2) is 13.2 Å². The molecule has 1 aromatic rings. The molecular weight excluding hydrogens is 325 g/mol. The van der Waals surface area contributed by atoms with E-state index in [9.17, 15) is 13.2 Å². The van der Waals surface area contributed by atoms with Gasteiger partial charge in [-0.1, -0.05) is 24.3 Å². The van der Waals surface area contributed by atoms with Crippen LogP contribution in [0.3, 0.4) is 0 Å². The van der Waals surface area contributed by atoms with Gasteiger partial charge in [0.1, 0.15) is 11.7 Å². The summed E-state index contributed by atoms with van der Waals surface area (Å²) >= 11 is 0. The molecule has 2 nitrogen and oxygen atoms in total. The van der Waals surface area contributed by atoms with Gasteiger partial charge in [0.2, 0.25) is 0 Å². The van der Waals surface area contributed by atoms with E-state index in [2.05, 4.69) is 29.2 Å². The van der Waals surface area contributed by atoms with E-state index in [1.165, 1.54) is 11.1 Å². The van der Waals surface area contributed by atoms with Crippen molar-refractivity contribution < 1.29 is 13.2 Å². The topological polar surface area (TPSA) is 29.3 Å². The lowest BCUT2D eigenvalue weighted by Crippen LogP contribution is -2.47. The number of benzene rings is 1. The molecule has 1 fully saturated rings. The monoisotopic (exact) mass is 348 g/mol. The van der Waals surface area contributed by atoms with Gasteiger partial charge < -0.3 is 5.73 Å². The molecule has 5 heteroatoms. The zero-order chi connectivity index (χ0) is 17.6. The van der Waals surface area contributed by atoms with Crippen molar-refractivity contribution in [3.8, 4) is 0 Å². The lowest BCUT2D eigenvalue weighted by atomic mass is 9.72. The highest BCUT2D eigenvalue weighted by atomic mass is 19.2. The van der Waals surface area contributed by atoms with Gasteiger partial charge >= 0.3 is 0 Å². The quantitative estimate of drug-likeness (QED) is 0.851. The van der Waals surface area contributed by atoms with Crippen LogP contribution in [0.4, 0.5) is 13.2 Å². The first-order chi connectivity index (χ1) is 12.0. The van der Waals surface area contributed by atoms with Crippen LogP contribution in [0, 0.1) is 11.8 Å². The molecule has 2 N–H and O–H groups in total. The van der Waals surface area contributed by atoms with Crippen molar-refractivity contribution in [3.63, 3.8) is 0 Å². The second-order valence-corrected chi connectivity index (χ2v) is 7.56. The summed E-state index contributed by atoms with van der Waals surface area (Å²) in [7, 11) is 0. The Morgan fingerprint density at radius 2 is 1.68 bits per heavy atom. The average Bonchev–Trinajstić information content (AvgIpc) is 3.02. The third-order valence-corrected chi connectivity index (χ3v) is 6.10. The van der Waals surface area contributed by atoms with Crippen molar-refractivity contribution in [2.45, 2.75) is 50.9 Å². The van der Waals surface area contributed by atoms with Crippen molar-refractivity contribution in [1.82, 2.24) is 4.90 Å². The maximum absolute atomic E-state index is 14.2. The van der Waals surface area contributed by atoms with E-state index in [0.717, 1.165) is 32.4 Å². The van der Waals surface area contributed by atoms with Crippen LogP contribution in [0.15, 0.2) is 47.8 Å². The molecule has 1 saturated carbocycles. The largest absolute Gasteiger partial charge is 0.327 e. The Kier molecular flexibility index (Phi) is 4.46. The van der Waals surface area contributed by atoms with Gasteiger partial charge in [-0.3, -0.25) is 4.90 Å². The Labute approximate surface area is 146 Å². The molecule has 0 bridgehead atoms. The Hall–Kier alpha value is -1.59. The van der Waals surface area contributed by atoms with Crippen molar-refractivity contribution in [2.24, 2.45) is 17.6 Å². The average molecular weight is 348 g/mol. The molecule has 1 aliphatic heterocycles. The fraction of sp³-hybridized carbons (Fsp3) is 0.500. The normalized spacial score (nSPS) is 33.4. The highest BCUT2D eigenvalue weighted by molar-refractivity contribution is 5.30. The number of hydrogen-bond donors (Lipinski definition) is 1. The molecule has 2 aliphatic carbocycles. The van der Waals surface area contributed by atoms with E-state index in [0.29, 0.717) is 12.1 Å². The number of fused-ring (bicyclic) bond motifs is 1. The molecule has 3 unspecified atom stereocenters. The van der Waals surface area contributed by atoms with E-state index in [1.807, 2.05) is 0 Å². The second kappa shape index (κ2) is 6.61. The molecule has 25 heavy (non-hydrogen) atoms. The molecular formula is C20H23F3N2. The van der Waals surface area contributed by atoms with Crippen LogP contribution >= 0.6 is 0 Å². The smallest absolute Gasteiger partial charge is 0.157 e. The standard InChI is InChI=1S/C20H23F3N2/c21-17-9-19(23)18(22)8-16(17)15-6-5-14(7-20(15)24)25-10-12-3-1-2-4-13(12)11-25/h1-4,9,14-16,20H,5-8,10-11,24H2/t14?,15-,16?,20?/m1/s1. The summed E-state index contributed by atoms with van der Waals surface area (Å²) in [6, 6.07) is 8.61. The Morgan fingerprint density at radius 1 is 1.00 bits per heavy atom. The third kappa shape index (κ3) is 3.15. The van der Waals surface area contributed by atoms with Gasteiger partial charge in [0.25, 0.3) is 0 Å². The highest BCUT2D eigenvalue weighted by Crippen LogP contribution is 2.43. The van der Waals surface area contributed by atoms with Crippen LogP contribution in [-0.4, -0.2) is 17.0 Å². The van der Waals surface area contributed by atoms with Crippen LogP contribution in [0.5, 0.6) is 0 Å².